The van der Waals surface area contributed by atoms with Gasteiger partial charge in [0.15, 0.2) is 0 Å². The predicted molar refractivity (Wildman–Crippen MR) is 67.4 cm³/mol. The molecule has 1 aromatic rings. The van der Waals surface area contributed by atoms with Gasteiger partial charge >= 0.3 is 0 Å². The zero-order chi connectivity index (χ0) is 11.7. The molecule has 0 spiro atoms. The van der Waals surface area contributed by atoms with E-state index in [0.717, 1.165) is 37.9 Å². The fraction of sp³-hybridized carbons (Fsp3) is 0.400. The lowest BCUT2D eigenvalue weighted by Crippen LogP contribution is -2.25. The van der Waals surface area contributed by atoms with Crippen molar-refractivity contribution in [1.82, 2.24) is 4.90 Å². The van der Waals surface area contributed by atoms with Gasteiger partial charge in [0, 0.05) is 18.7 Å². The largest absolute Gasteiger partial charge is 0.334 e. The number of amides is 1. The van der Waals surface area contributed by atoms with E-state index in [2.05, 4.69) is 12.1 Å². The second kappa shape index (κ2) is 4.36. The third-order valence-electron chi connectivity index (χ3n) is 3.78. The molecule has 1 aromatic carbocycles. The van der Waals surface area contributed by atoms with Gasteiger partial charge in [-0.25, -0.2) is 0 Å². The summed E-state index contributed by atoms with van der Waals surface area (Å²) in [6.45, 7) is 1.66. The van der Waals surface area contributed by atoms with E-state index in [1.807, 2.05) is 23.1 Å². The van der Waals surface area contributed by atoms with Crippen LogP contribution in [0.1, 0.15) is 31.2 Å². The number of benzene rings is 1. The highest BCUT2D eigenvalue weighted by atomic mass is 16.2. The molecule has 1 aliphatic carbocycles. The van der Waals surface area contributed by atoms with Crippen molar-refractivity contribution < 1.29 is 4.79 Å². The zero-order valence-electron chi connectivity index (χ0n) is 9.98. The van der Waals surface area contributed by atoms with Crippen LogP contribution < -0.4 is 0 Å². The topological polar surface area (TPSA) is 20.3 Å². The van der Waals surface area contributed by atoms with E-state index < -0.39 is 0 Å². The number of nitrogens with zero attached hydrogens (tertiary/aromatic N) is 1. The molecule has 3 rings (SSSR count). The van der Waals surface area contributed by atoms with Crippen LogP contribution in [0, 0.1) is 0 Å². The fourth-order valence-electron chi connectivity index (χ4n) is 2.58. The molecule has 1 saturated heterocycles. The Morgan fingerprint density at radius 2 is 1.82 bits per heavy atom. The highest BCUT2D eigenvalue weighted by molar-refractivity contribution is 5.96. The van der Waals surface area contributed by atoms with Crippen molar-refractivity contribution in [3.8, 4) is 0 Å². The Morgan fingerprint density at radius 3 is 2.47 bits per heavy atom. The van der Waals surface area contributed by atoms with Gasteiger partial charge in [0.05, 0.1) is 0 Å². The summed E-state index contributed by atoms with van der Waals surface area (Å²) in [6, 6.07) is 10.2. The Balaban J connectivity index is 1.72. The standard InChI is InChI=1S/C15H17NO/c17-15-14(13-7-4-8-13)9-10-16(15)11-12-5-2-1-3-6-12/h1-3,5-6H,4,7-11H2. The van der Waals surface area contributed by atoms with Gasteiger partial charge in [-0.1, -0.05) is 35.9 Å². The lowest BCUT2D eigenvalue weighted by atomic mass is 9.87. The third kappa shape index (κ3) is 1.99. The van der Waals surface area contributed by atoms with Gasteiger partial charge < -0.3 is 4.90 Å². The summed E-state index contributed by atoms with van der Waals surface area (Å²) < 4.78 is 0. The summed E-state index contributed by atoms with van der Waals surface area (Å²) in [7, 11) is 0. The lowest BCUT2D eigenvalue weighted by molar-refractivity contribution is -0.125. The minimum Gasteiger partial charge on any atom is -0.334 e. The maximum atomic E-state index is 12.2. The molecule has 2 heteroatoms. The smallest absolute Gasteiger partial charge is 0.250 e. The van der Waals surface area contributed by atoms with Gasteiger partial charge in [-0.05, 0) is 31.2 Å². The van der Waals surface area contributed by atoms with Crippen LogP contribution in [0.4, 0.5) is 0 Å². The van der Waals surface area contributed by atoms with Crippen molar-refractivity contribution >= 4 is 5.91 Å². The summed E-state index contributed by atoms with van der Waals surface area (Å²) in [5, 5.41) is 0. The van der Waals surface area contributed by atoms with Gasteiger partial charge in [0.2, 0.25) is 5.91 Å². The fourth-order valence-corrected chi connectivity index (χ4v) is 2.58. The average molecular weight is 227 g/mol. The van der Waals surface area contributed by atoms with Gasteiger partial charge in [-0.2, -0.15) is 0 Å². The number of carbonyl (C=O) groups is 1. The van der Waals surface area contributed by atoms with Gasteiger partial charge in [-0.15, -0.1) is 0 Å². The van der Waals surface area contributed by atoms with Crippen LogP contribution >= 0.6 is 0 Å². The summed E-state index contributed by atoms with van der Waals surface area (Å²) >= 11 is 0. The second-order valence-electron chi connectivity index (χ2n) is 4.90. The monoisotopic (exact) mass is 227 g/mol. The molecule has 0 bridgehead atoms. The third-order valence-corrected chi connectivity index (χ3v) is 3.78. The van der Waals surface area contributed by atoms with Crippen LogP contribution in [-0.4, -0.2) is 17.4 Å². The Bertz CT molecular complexity index is 455. The Morgan fingerprint density at radius 1 is 1.06 bits per heavy atom. The van der Waals surface area contributed by atoms with E-state index in [1.165, 1.54) is 17.6 Å². The SMILES string of the molecule is O=C1C(=C2CCC2)CCN1Cc1ccccc1. The first-order chi connectivity index (χ1) is 8.34. The van der Waals surface area contributed by atoms with Crippen molar-refractivity contribution in [3.63, 3.8) is 0 Å². The van der Waals surface area contributed by atoms with Crippen molar-refractivity contribution in [2.45, 2.75) is 32.2 Å². The Kier molecular flexibility index (Phi) is 2.71. The molecule has 1 heterocycles. The molecule has 0 aromatic heterocycles. The minimum absolute atomic E-state index is 0.281. The summed E-state index contributed by atoms with van der Waals surface area (Å²) in [5.74, 6) is 0.281. The minimum atomic E-state index is 0.281. The van der Waals surface area contributed by atoms with Crippen LogP contribution in [0.2, 0.25) is 0 Å². The van der Waals surface area contributed by atoms with Crippen molar-refractivity contribution in [2.75, 3.05) is 6.54 Å². The molecule has 0 N–H and O–H groups in total. The van der Waals surface area contributed by atoms with E-state index in [4.69, 9.17) is 0 Å². The molecular formula is C15H17NO. The second-order valence-corrected chi connectivity index (χ2v) is 4.90. The quantitative estimate of drug-likeness (QED) is 0.711. The van der Waals surface area contributed by atoms with Crippen molar-refractivity contribution in [2.24, 2.45) is 0 Å². The maximum Gasteiger partial charge on any atom is 0.250 e. The Labute approximate surface area is 102 Å². The zero-order valence-corrected chi connectivity index (χ0v) is 9.98. The number of carbonyl (C=O) groups excluding carboxylic acids is 1. The lowest BCUT2D eigenvalue weighted by Gasteiger charge is -2.20. The first kappa shape index (κ1) is 10.6. The maximum absolute atomic E-state index is 12.2. The summed E-state index contributed by atoms with van der Waals surface area (Å²) in [6.07, 6.45) is 4.53. The molecule has 17 heavy (non-hydrogen) atoms. The van der Waals surface area contributed by atoms with Crippen molar-refractivity contribution in [3.05, 3.63) is 47.0 Å². The van der Waals surface area contributed by atoms with E-state index in [0.29, 0.717) is 0 Å². The predicted octanol–water partition coefficient (Wildman–Crippen LogP) is 2.90. The van der Waals surface area contributed by atoms with Gasteiger partial charge in [0.25, 0.3) is 0 Å². The molecule has 0 radical (unpaired) electrons. The van der Waals surface area contributed by atoms with Crippen molar-refractivity contribution in [1.29, 1.82) is 0 Å². The average Bonchev–Trinajstić information content (AvgIpc) is 2.61. The molecule has 1 saturated carbocycles. The number of likely N-dealkylation sites (tertiary alicyclic amines) is 1. The van der Waals surface area contributed by atoms with Gasteiger partial charge in [-0.3, -0.25) is 4.79 Å². The molecule has 0 atom stereocenters. The summed E-state index contributed by atoms with van der Waals surface area (Å²) in [5.41, 5.74) is 3.76. The normalized spacial score (nSPS) is 19.8. The molecule has 2 fully saturated rings. The van der Waals surface area contributed by atoms with E-state index >= 15 is 0 Å². The first-order valence-electron chi connectivity index (χ1n) is 6.39. The number of hydrogen-bond acceptors (Lipinski definition) is 1. The van der Waals surface area contributed by atoms with Crippen LogP contribution in [0.15, 0.2) is 41.5 Å². The number of rotatable bonds is 2. The number of hydrogen-bond donors (Lipinski definition) is 0. The van der Waals surface area contributed by atoms with Crippen LogP contribution in [0.25, 0.3) is 0 Å². The molecule has 1 aliphatic heterocycles. The highest BCUT2D eigenvalue weighted by Gasteiger charge is 2.29. The first-order valence-corrected chi connectivity index (χ1v) is 6.39. The molecule has 0 unspecified atom stereocenters. The highest BCUT2D eigenvalue weighted by Crippen LogP contribution is 2.33. The molecule has 2 aliphatic rings. The molecule has 1 amide bonds. The van der Waals surface area contributed by atoms with E-state index in [9.17, 15) is 4.79 Å². The number of allylic oxidation sites excluding steroid dienone is 1. The van der Waals surface area contributed by atoms with E-state index in [1.54, 1.807) is 0 Å². The van der Waals surface area contributed by atoms with E-state index in [-0.39, 0.29) is 5.91 Å². The van der Waals surface area contributed by atoms with Crippen LogP contribution in [-0.2, 0) is 11.3 Å². The molecule has 88 valence electrons. The Hall–Kier alpha value is -1.57. The van der Waals surface area contributed by atoms with Gasteiger partial charge in [0.1, 0.15) is 0 Å². The van der Waals surface area contributed by atoms with Crippen LogP contribution in [0.5, 0.6) is 0 Å². The summed E-state index contributed by atoms with van der Waals surface area (Å²) in [4.78, 5) is 14.2. The van der Waals surface area contributed by atoms with Crippen LogP contribution in [0.3, 0.4) is 0 Å². The molecular weight excluding hydrogens is 210 g/mol. The molecule has 2 nitrogen and oxygen atoms in total.